The highest BCUT2D eigenvalue weighted by Gasteiger charge is 2.14. The van der Waals surface area contributed by atoms with Crippen LogP contribution in [0.5, 0.6) is 0 Å². The van der Waals surface area contributed by atoms with Crippen molar-refractivity contribution in [2.24, 2.45) is 0 Å². The fraction of sp³-hybridized carbons (Fsp3) is 0.267. The van der Waals surface area contributed by atoms with Crippen LogP contribution < -0.4 is 0 Å². The largest absolute Gasteiger partial charge is 0.339 e. The number of halogens is 1. The van der Waals surface area contributed by atoms with Gasteiger partial charge in [0.25, 0.3) is 0 Å². The SMILES string of the molecule is CCCc1nc(-c2nc(-c3ccc(C)cc3Cl)cs2)no1. The van der Waals surface area contributed by atoms with Gasteiger partial charge >= 0.3 is 0 Å². The molecule has 0 atom stereocenters. The summed E-state index contributed by atoms with van der Waals surface area (Å²) < 4.78 is 5.19. The van der Waals surface area contributed by atoms with Gasteiger partial charge < -0.3 is 4.52 Å². The lowest BCUT2D eigenvalue weighted by molar-refractivity contribution is 0.378. The van der Waals surface area contributed by atoms with Crippen molar-refractivity contribution in [3.63, 3.8) is 0 Å². The van der Waals surface area contributed by atoms with Crippen LogP contribution in [0.2, 0.25) is 5.02 Å². The normalized spacial score (nSPS) is 11.0. The molecule has 0 radical (unpaired) electrons. The summed E-state index contributed by atoms with van der Waals surface area (Å²) in [5.74, 6) is 1.19. The van der Waals surface area contributed by atoms with Gasteiger partial charge in [0, 0.05) is 17.4 Å². The van der Waals surface area contributed by atoms with E-state index in [4.69, 9.17) is 16.1 Å². The Kier molecular flexibility index (Phi) is 4.03. The molecule has 0 aliphatic carbocycles. The Morgan fingerprint density at radius 1 is 1.29 bits per heavy atom. The minimum Gasteiger partial charge on any atom is -0.339 e. The molecule has 0 spiro atoms. The zero-order chi connectivity index (χ0) is 14.8. The minimum atomic E-state index is 0.540. The van der Waals surface area contributed by atoms with Crippen LogP contribution in [-0.4, -0.2) is 15.1 Å². The molecule has 0 amide bonds. The average Bonchev–Trinajstić information content (AvgIpc) is 3.08. The van der Waals surface area contributed by atoms with Crippen LogP contribution in [0.15, 0.2) is 28.1 Å². The molecule has 3 aromatic rings. The van der Waals surface area contributed by atoms with Crippen molar-refractivity contribution >= 4 is 22.9 Å². The first kappa shape index (κ1) is 14.2. The van der Waals surface area contributed by atoms with Gasteiger partial charge in [-0.3, -0.25) is 0 Å². The highest BCUT2D eigenvalue weighted by molar-refractivity contribution is 7.13. The molecule has 0 aliphatic rings. The van der Waals surface area contributed by atoms with Crippen molar-refractivity contribution in [1.82, 2.24) is 15.1 Å². The second-order valence-corrected chi connectivity index (χ2v) is 6.05. The molecular weight excluding hydrogens is 306 g/mol. The molecule has 1 aromatic carbocycles. The van der Waals surface area contributed by atoms with Gasteiger partial charge in [0.05, 0.1) is 10.7 Å². The van der Waals surface area contributed by atoms with E-state index in [1.54, 1.807) is 0 Å². The van der Waals surface area contributed by atoms with Crippen LogP contribution in [0.1, 0.15) is 24.8 Å². The molecule has 3 rings (SSSR count). The first-order chi connectivity index (χ1) is 10.2. The smallest absolute Gasteiger partial charge is 0.231 e. The molecule has 108 valence electrons. The van der Waals surface area contributed by atoms with E-state index < -0.39 is 0 Å². The summed E-state index contributed by atoms with van der Waals surface area (Å²) in [6.45, 7) is 4.08. The minimum absolute atomic E-state index is 0.540. The van der Waals surface area contributed by atoms with Gasteiger partial charge in [0.2, 0.25) is 11.7 Å². The third kappa shape index (κ3) is 2.99. The topological polar surface area (TPSA) is 51.8 Å². The van der Waals surface area contributed by atoms with Crippen LogP contribution in [0.25, 0.3) is 22.1 Å². The Balaban J connectivity index is 1.91. The number of aryl methyl sites for hydroxylation is 2. The molecule has 0 N–H and O–H groups in total. The maximum absolute atomic E-state index is 6.28. The number of rotatable bonds is 4. The van der Waals surface area contributed by atoms with Gasteiger partial charge in [-0.25, -0.2) is 4.98 Å². The molecule has 4 nitrogen and oxygen atoms in total. The van der Waals surface area contributed by atoms with E-state index in [-0.39, 0.29) is 0 Å². The number of hydrogen-bond acceptors (Lipinski definition) is 5. The lowest BCUT2D eigenvalue weighted by Gasteiger charge is -2.01. The summed E-state index contributed by atoms with van der Waals surface area (Å²) in [6, 6.07) is 5.94. The Labute approximate surface area is 131 Å². The molecule has 0 fully saturated rings. The number of thiazole rings is 1. The summed E-state index contributed by atoms with van der Waals surface area (Å²) in [4.78, 5) is 8.91. The maximum Gasteiger partial charge on any atom is 0.231 e. The van der Waals surface area contributed by atoms with Crippen LogP contribution >= 0.6 is 22.9 Å². The summed E-state index contributed by atoms with van der Waals surface area (Å²) in [5, 5.41) is 7.38. The van der Waals surface area contributed by atoms with Gasteiger partial charge in [-0.1, -0.05) is 35.8 Å². The summed E-state index contributed by atoms with van der Waals surface area (Å²) in [7, 11) is 0. The van der Waals surface area contributed by atoms with E-state index >= 15 is 0 Å². The van der Waals surface area contributed by atoms with Crippen LogP contribution in [0.3, 0.4) is 0 Å². The molecule has 0 bridgehead atoms. The Bertz CT molecular complexity index is 766. The zero-order valence-corrected chi connectivity index (χ0v) is 13.3. The van der Waals surface area contributed by atoms with E-state index in [0.717, 1.165) is 34.7 Å². The second kappa shape index (κ2) is 5.95. The number of hydrogen-bond donors (Lipinski definition) is 0. The monoisotopic (exact) mass is 319 g/mol. The fourth-order valence-corrected chi connectivity index (χ4v) is 3.06. The third-order valence-corrected chi connectivity index (χ3v) is 4.18. The Hall–Kier alpha value is -1.72. The first-order valence-corrected chi connectivity index (χ1v) is 7.98. The van der Waals surface area contributed by atoms with Gasteiger partial charge in [-0.05, 0) is 25.0 Å². The first-order valence-electron chi connectivity index (χ1n) is 6.72. The highest BCUT2D eigenvalue weighted by atomic mass is 35.5. The summed E-state index contributed by atoms with van der Waals surface area (Å²) in [6.07, 6.45) is 1.76. The van der Waals surface area contributed by atoms with Gasteiger partial charge in [-0.2, -0.15) is 4.98 Å². The molecule has 2 heterocycles. The molecule has 0 saturated carbocycles. The van der Waals surface area contributed by atoms with Crippen LogP contribution in [-0.2, 0) is 6.42 Å². The second-order valence-electron chi connectivity index (χ2n) is 4.78. The number of benzene rings is 1. The Morgan fingerprint density at radius 3 is 2.90 bits per heavy atom. The van der Waals surface area contributed by atoms with E-state index in [0.29, 0.717) is 16.7 Å². The van der Waals surface area contributed by atoms with Crippen molar-refractivity contribution < 1.29 is 4.52 Å². The summed E-state index contributed by atoms with van der Waals surface area (Å²) >= 11 is 7.77. The fourth-order valence-electron chi connectivity index (χ4n) is 1.99. The van der Waals surface area contributed by atoms with Crippen molar-refractivity contribution in [2.75, 3.05) is 0 Å². The molecule has 0 saturated heterocycles. The lowest BCUT2D eigenvalue weighted by Crippen LogP contribution is -1.85. The van der Waals surface area contributed by atoms with Crippen LogP contribution in [0.4, 0.5) is 0 Å². The predicted molar refractivity (Wildman–Crippen MR) is 84.6 cm³/mol. The highest BCUT2D eigenvalue weighted by Crippen LogP contribution is 2.32. The number of nitrogens with zero attached hydrogens (tertiary/aromatic N) is 3. The standard InChI is InChI=1S/C15H14ClN3OS/c1-3-4-13-18-14(19-20-13)15-17-12(8-21-15)10-6-5-9(2)7-11(10)16/h5-8H,3-4H2,1-2H3. The van der Waals surface area contributed by atoms with E-state index in [9.17, 15) is 0 Å². The Morgan fingerprint density at radius 2 is 2.14 bits per heavy atom. The molecule has 0 aliphatic heterocycles. The average molecular weight is 320 g/mol. The van der Waals surface area contributed by atoms with Crippen molar-refractivity contribution in [2.45, 2.75) is 26.7 Å². The zero-order valence-electron chi connectivity index (χ0n) is 11.8. The molecular formula is C15H14ClN3OS. The third-order valence-electron chi connectivity index (χ3n) is 3.03. The molecule has 6 heteroatoms. The van der Waals surface area contributed by atoms with E-state index in [2.05, 4.69) is 22.0 Å². The van der Waals surface area contributed by atoms with E-state index in [1.807, 2.05) is 30.5 Å². The van der Waals surface area contributed by atoms with Crippen molar-refractivity contribution in [1.29, 1.82) is 0 Å². The van der Waals surface area contributed by atoms with Gasteiger partial charge in [-0.15, -0.1) is 11.3 Å². The van der Waals surface area contributed by atoms with Crippen molar-refractivity contribution in [3.05, 3.63) is 40.1 Å². The maximum atomic E-state index is 6.28. The quantitative estimate of drug-likeness (QED) is 0.694. The molecule has 21 heavy (non-hydrogen) atoms. The molecule has 0 unspecified atom stereocenters. The predicted octanol–water partition coefficient (Wildman–Crippen LogP) is 4.77. The number of aromatic nitrogens is 3. The van der Waals surface area contributed by atoms with Crippen LogP contribution in [0, 0.1) is 6.92 Å². The van der Waals surface area contributed by atoms with E-state index in [1.165, 1.54) is 11.3 Å². The van der Waals surface area contributed by atoms with Crippen molar-refractivity contribution in [3.8, 4) is 22.1 Å². The van der Waals surface area contributed by atoms with Gasteiger partial charge in [0.15, 0.2) is 5.01 Å². The van der Waals surface area contributed by atoms with Gasteiger partial charge in [0.1, 0.15) is 0 Å². The molecule has 2 aromatic heterocycles. The summed E-state index contributed by atoms with van der Waals surface area (Å²) in [5.41, 5.74) is 2.88. The lowest BCUT2D eigenvalue weighted by atomic mass is 10.1.